The number of hydrogen-bond donors (Lipinski definition) is 2. The number of amides is 2. The Morgan fingerprint density at radius 2 is 1.67 bits per heavy atom. The van der Waals surface area contributed by atoms with Crippen molar-refractivity contribution in [2.24, 2.45) is 0 Å². The molecule has 2 atom stereocenters. The van der Waals surface area contributed by atoms with Gasteiger partial charge in [-0.15, -0.1) is 10.1 Å². The van der Waals surface area contributed by atoms with E-state index in [1.165, 1.54) is 24.3 Å². The molecule has 8 heteroatoms. The van der Waals surface area contributed by atoms with Gasteiger partial charge in [0.1, 0.15) is 5.82 Å². The van der Waals surface area contributed by atoms with Gasteiger partial charge in [0, 0.05) is 41.5 Å². The van der Waals surface area contributed by atoms with Crippen LogP contribution in [0.5, 0.6) is 0 Å². The molecule has 0 bridgehead atoms. The molecule has 0 aliphatic carbocycles. The number of nitrogens with one attached hydrogen (secondary N) is 2. The Balaban J connectivity index is 1.68. The number of rotatable bonds is 5. The summed E-state index contributed by atoms with van der Waals surface area (Å²) in [5, 5.41) is 3.36. The number of hydrazine groups is 1. The number of carbonyl (C=O) groups excluding carboxylic acids is 2. The van der Waals surface area contributed by atoms with Gasteiger partial charge in [-0.3, -0.25) is 9.59 Å². The summed E-state index contributed by atoms with van der Waals surface area (Å²) in [7, 11) is 3.93. The molecule has 6 nitrogen and oxygen atoms in total. The smallest absolute Gasteiger partial charge is 0.304 e. The van der Waals surface area contributed by atoms with Gasteiger partial charge in [0.15, 0.2) is 6.04 Å². The summed E-state index contributed by atoms with van der Waals surface area (Å²) >= 11 is 6.06. The summed E-state index contributed by atoms with van der Waals surface area (Å²) in [6, 6.07) is 18.8. The Morgan fingerprint density at radius 3 is 2.27 bits per heavy atom. The highest BCUT2D eigenvalue weighted by molar-refractivity contribution is 6.30. The van der Waals surface area contributed by atoms with Crippen molar-refractivity contribution in [3.05, 3.63) is 100 Å². The Morgan fingerprint density at radius 1 is 1.03 bits per heavy atom. The van der Waals surface area contributed by atoms with Gasteiger partial charge in [0.05, 0.1) is 0 Å². The van der Waals surface area contributed by atoms with Crippen LogP contribution in [0, 0.1) is 5.82 Å². The van der Waals surface area contributed by atoms with E-state index in [9.17, 15) is 14.0 Å². The van der Waals surface area contributed by atoms with E-state index in [0.717, 1.165) is 16.8 Å². The van der Waals surface area contributed by atoms with Gasteiger partial charge < -0.3 is 10.2 Å². The van der Waals surface area contributed by atoms with Gasteiger partial charge in [-0.05, 0) is 60.7 Å². The third kappa shape index (κ3) is 5.04. The van der Waals surface area contributed by atoms with E-state index in [1.807, 2.05) is 61.6 Å². The molecule has 3 aromatic rings. The molecular formula is C25H23ClFN4O2+. The van der Waals surface area contributed by atoms with E-state index in [1.54, 1.807) is 16.8 Å². The van der Waals surface area contributed by atoms with E-state index in [2.05, 4.69) is 10.7 Å². The van der Waals surface area contributed by atoms with Crippen LogP contribution < -0.4 is 15.6 Å². The van der Waals surface area contributed by atoms with Gasteiger partial charge in [-0.25, -0.2) is 4.39 Å². The number of hydrazone groups is 1. The Hall–Kier alpha value is -3.71. The van der Waals surface area contributed by atoms with E-state index < -0.39 is 23.8 Å². The second-order valence-electron chi connectivity index (χ2n) is 7.95. The highest BCUT2D eigenvalue weighted by atomic mass is 35.5. The molecule has 3 aromatic carbocycles. The Bertz CT molecular complexity index is 1190. The van der Waals surface area contributed by atoms with Gasteiger partial charge in [0.2, 0.25) is 12.3 Å². The molecule has 0 saturated carbocycles. The molecule has 2 N–H and O–H groups in total. The first-order chi connectivity index (χ1) is 15.8. The molecule has 1 fully saturated rings. The summed E-state index contributed by atoms with van der Waals surface area (Å²) < 4.78 is 14.9. The molecule has 1 aliphatic rings. The van der Waals surface area contributed by atoms with Crippen LogP contribution in [0.4, 0.5) is 10.1 Å². The zero-order valence-electron chi connectivity index (χ0n) is 18.1. The predicted molar refractivity (Wildman–Crippen MR) is 126 cm³/mol. The zero-order valence-corrected chi connectivity index (χ0v) is 18.9. The molecule has 0 spiro atoms. The maximum atomic E-state index is 13.2. The standard InChI is InChI=1S/C25H22ClFN4O2/c1-30(2)21-13-3-16(4-14-21)15-31-23(17-5-9-19(26)10-6-17)22(25(33)29-31)28-24(32)18-7-11-20(27)12-8-18/h3-15,22-23H,1-2H3,(H-,28,29,32,33)/p+1/t22-,23-/m1/s1. The Kier molecular flexibility index (Phi) is 6.42. The molecule has 0 aromatic heterocycles. The normalized spacial score (nSPS) is 18.8. The van der Waals surface area contributed by atoms with Crippen molar-refractivity contribution < 1.29 is 18.7 Å². The second kappa shape index (κ2) is 9.42. The molecule has 0 radical (unpaired) electrons. The number of anilines is 1. The molecular weight excluding hydrogens is 443 g/mol. The van der Waals surface area contributed by atoms with Crippen LogP contribution in [0.3, 0.4) is 0 Å². The molecule has 1 aliphatic heterocycles. The monoisotopic (exact) mass is 465 g/mol. The van der Waals surface area contributed by atoms with E-state index >= 15 is 0 Å². The lowest BCUT2D eigenvalue weighted by Gasteiger charge is -2.15. The highest BCUT2D eigenvalue weighted by Gasteiger charge is 2.47. The van der Waals surface area contributed by atoms with Crippen LogP contribution in [0.1, 0.15) is 27.5 Å². The average molecular weight is 466 g/mol. The van der Waals surface area contributed by atoms with E-state index in [-0.39, 0.29) is 11.5 Å². The van der Waals surface area contributed by atoms with Gasteiger partial charge in [-0.1, -0.05) is 23.7 Å². The van der Waals surface area contributed by atoms with Gasteiger partial charge in [0.25, 0.3) is 5.91 Å². The largest absolute Gasteiger partial charge is 0.378 e. The molecule has 2 amide bonds. The lowest BCUT2D eigenvalue weighted by atomic mass is 9.99. The van der Waals surface area contributed by atoms with Crippen molar-refractivity contribution in [2.75, 3.05) is 19.0 Å². The summed E-state index contributed by atoms with van der Waals surface area (Å²) in [5.74, 6) is -1.26. The van der Waals surface area contributed by atoms with Gasteiger partial charge in [-0.2, -0.15) is 0 Å². The SMILES string of the molecule is CN(C)c1ccc(/C=[N+]2\NC(=O)[C@H](NC(=O)c3ccc(F)cc3)[C@H]2c2ccc(Cl)cc2)cc1. The number of benzene rings is 3. The van der Waals surface area contributed by atoms with E-state index in [0.29, 0.717) is 5.02 Å². The minimum Gasteiger partial charge on any atom is -0.378 e. The van der Waals surface area contributed by atoms with Crippen LogP contribution >= 0.6 is 11.6 Å². The van der Waals surface area contributed by atoms with Crippen LogP contribution in [-0.2, 0) is 4.79 Å². The molecule has 0 unspecified atom stereocenters. The van der Waals surface area contributed by atoms with Gasteiger partial charge >= 0.3 is 5.91 Å². The number of nitrogens with zero attached hydrogens (tertiary/aromatic N) is 2. The van der Waals surface area contributed by atoms with Crippen LogP contribution in [0.25, 0.3) is 0 Å². The molecule has 1 heterocycles. The van der Waals surface area contributed by atoms with Crippen LogP contribution in [0.15, 0.2) is 72.8 Å². The predicted octanol–water partition coefficient (Wildman–Crippen LogP) is 3.56. The van der Waals surface area contributed by atoms with Crippen molar-refractivity contribution in [3.8, 4) is 0 Å². The third-order valence-corrected chi connectivity index (χ3v) is 5.69. The fourth-order valence-corrected chi connectivity index (χ4v) is 3.81. The lowest BCUT2D eigenvalue weighted by molar-refractivity contribution is -0.596. The maximum absolute atomic E-state index is 13.2. The first-order valence-corrected chi connectivity index (χ1v) is 10.7. The quantitative estimate of drug-likeness (QED) is 0.566. The van der Waals surface area contributed by atoms with Crippen molar-refractivity contribution in [1.82, 2.24) is 10.7 Å². The van der Waals surface area contributed by atoms with Crippen molar-refractivity contribution in [3.63, 3.8) is 0 Å². The molecule has 1 saturated heterocycles. The maximum Gasteiger partial charge on any atom is 0.304 e. The zero-order chi connectivity index (χ0) is 23.5. The average Bonchev–Trinajstić information content (AvgIpc) is 3.09. The first kappa shape index (κ1) is 22.5. The second-order valence-corrected chi connectivity index (χ2v) is 8.39. The first-order valence-electron chi connectivity index (χ1n) is 10.3. The highest BCUT2D eigenvalue weighted by Crippen LogP contribution is 2.27. The fourth-order valence-electron chi connectivity index (χ4n) is 3.69. The van der Waals surface area contributed by atoms with Crippen molar-refractivity contribution >= 4 is 35.3 Å². The summed E-state index contributed by atoms with van der Waals surface area (Å²) in [6.45, 7) is 0. The fraction of sp³-hybridized carbons (Fsp3) is 0.160. The number of hydrogen-bond acceptors (Lipinski definition) is 3. The van der Waals surface area contributed by atoms with Crippen LogP contribution in [-0.4, -0.2) is 42.9 Å². The minimum absolute atomic E-state index is 0.265. The van der Waals surface area contributed by atoms with Crippen molar-refractivity contribution in [1.29, 1.82) is 0 Å². The Labute approximate surface area is 196 Å². The molecule has 168 valence electrons. The molecule has 4 rings (SSSR count). The van der Waals surface area contributed by atoms with E-state index in [4.69, 9.17) is 11.6 Å². The number of carbonyl (C=O) groups is 2. The number of halogens is 2. The summed E-state index contributed by atoms with van der Waals surface area (Å²) in [5.41, 5.74) is 5.83. The minimum atomic E-state index is -0.874. The van der Waals surface area contributed by atoms with Crippen LogP contribution in [0.2, 0.25) is 5.02 Å². The summed E-state index contributed by atoms with van der Waals surface area (Å²) in [4.78, 5) is 27.7. The molecule has 33 heavy (non-hydrogen) atoms. The van der Waals surface area contributed by atoms with Crippen molar-refractivity contribution in [2.45, 2.75) is 12.1 Å². The summed E-state index contributed by atoms with van der Waals surface area (Å²) in [6.07, 6.45) is 1.82. The third-order valence-electron chi connectivity index (χ3n) is 5.44. The topological polar surface area (TPSA) is 64.5 Å². The lowest BCUT2D eigenvalue weighted by Crippen LogP contribution is -2.42.